The number of carbonyl (C=O) groups excluding carboxylic acids is 1. The van der Waals surface area contributed by atoms with E-state index in [1.54, 1.807) is 0 Å². The Balaban J connectivity index is 2.55. The molecule has 2 nitrogen and oxygen atoms in total. The van der Waals surface area contributed by atoms with E-state index in [2.05, 4.69) is 20.4 Å². The third-order valence-corrected chi connectivity index (χ3v) is 2.60. The van der Waals surface area contributed by atoms with Gasteiger partial charge in [0, 0.05) is 12.6 Å². The largest absolute Gasteiger partial charge is 0.336 e. The van der Waals surface area contributed by atoms with Gasteiger partial charge in [-0.05, 0) is 31.8 Å². The maximum atomic E-state index is 11.3. The smallest absolute Gasteiger partial charge is 0.246 e. The minimum Gasteiger partial charge on any atom is -0.336 e. The molecule has 12 heavy (non-hydrogen) atoms. The second-order valence-corrected chi connectivity index (χ2v) is 3.71. The number of piperidine rings is 1. The molecule has 0 aromatic rings. The Morgan fingerprint density at radius 1 is 1.58 bits per heavy atom. The van der Waals surface area contributed by atoms with Crippen molar-refractivity contribution in [1.29, 1.82) is 0 Å². The highest BCUT2D eigenvalue weighted by Gasteiger charge is 2.24. The molecule has 1 aliphatic rings. The summed E-state index contributed by atoms with van der Waals surface area (Å²) in [6, 6.07) is 0.388. The predicted octanol–water partition coefficient (Wildman–Crippen LogP) is 1.82. The molecule has 0 unspecified atom stereocenters. The van der Waals surface area contributed by atoms with E-state index in [0.29, 0.717) is 6.04 Å². The summed E-state index contributed by atoms with van der Waals surface area (Å²) in [7, 11) is 0. The number of nitrogens with zero attached hydrogens (tertiary/aromatic N) is 1. The van der Waals surface area contributed by atoms with Crippen LogP contribution in [0.15, 0.2) is 12.7 Å². The normalized spacial score (nSPS) is 30.0. The average molecular weight is 167 g/mol. The number of likely N-dealkylation sites (tertiary alicyclic amines) is 1. The summed E-state index contributed by atoms with van der Waals surface area (Å²) in [6.07, 6.45) is 3.66. The van der Waals surface area contributed by atoms with Crippen LogP contribution in [0.1, 0.15) is 26.7 Å². The molecule has 1 saturated heterocycles. The summed E-state index contributed by atoms with van der Waals surface area (Å²) in [5, 5.41) is 0. The van der Waals surface area contributed by atoms with E-state index < -0.39 is 0 Å². The van der Waals surface area contributed by atoms with Crippen LogP contribution in [-0.4, -0.2) is 23.4 Å². The molecule has 0 spiro atoms. The van der Waals surface area contributed by atoms with Crippen LogP contribution in [0, 0.1) is 5.92 Å². The van der Waals surface area contributed by atoms with Crippen molar-refractivity contribution in [3.8, 4) is 0 Å². The van der Waals surface area contributed by atoms with Crippen molar-refractivity contribution in [2.24, 2.45) is 5.92 Å². The van der Waals surface area contributed by atoms with Gasteiger partial charge in [-0.15, -0.1) is 0 Å². The Labute approximate surface area is 74.2 Å². The molecule has 2 atom stereocenters. The average Bonchev–Trinajstić information content (AvgIpc) is 2.03. The zero-order chi connectivity index (χ0) is 9.14. The van der Waals surface area contributed by atoms with Gasteiger partial charge in [0.15, 0.2) is 0 Å². The predicted molar refractivity (Wildman–Crippen MR) is 49.8 cm³/mol. The third kappa shape index (κ3) is 1.87. The van der Waals surface area contributed by atoms with Crippen molar-refractivity contribution in [2.75, 3.05) is 6.54 Å². The summed E-state index contributed by atoms with van der Waals surface area (Å²) in [5.41, 5.74) is 0. The first kappa shape index (κ1) is 9.30. The standard InChI is InChI=1S/C10H17NO/c1-4-10(12)11-6-5-8(2)7-9(11)3/h4,8-9H,1,5-7H2,2-3H3/t8-,9+/m0/s1. The molecule has 0 aromatic carbocycles. The topological polar surface area (TPSA) is 20.3 Å². The first-order chi connectivity index (χ1) is 5.65. The Morgan fingerprint density at radius 2 is 2.25 bits per heavy atom. The summed E-state index contributed by atoms with van der Waals surface area (Å²) in [5.74, 6) is 0.836. The highest BCUT2D eigenvalue weighted by atomic mass is 16.2. The van der Waals surface area contributed by atoms with Gasteiger partial charge in [-0.25, -0.2) is 0 Å². The number of rotatable bonds is 1. The molecule has 1 heterocycles. The quantitative estimate of drug-likeness (QED) is 0.545. The maximum Gasteiger partial charge on any atom is 0.246 e. The molecule has 0 aliphatic carbocycles. The number of hydrogen-bond acceptors (Lipinski definition) is 1. The van der Waals surface area contributed by atoms with Crippen LogP contribution < -0.4 is 0 Å². The number of carbonyl (C=O) groups is 1. The molecule has 0 aromatic heterocycles. The van der Waals surface area contributed by atoms with E-state index >= 15 is 0 Å². The third-order valence-electron chi connectivity index (χ3n) is 2.60. The van der Waals surface area contributed by atoms with Gasteiger partial charge >= 0.3 is 0 Å². The van der Waals surface area contributed by atoms with E-state index in [0.717, 1.165) is 25.3 Å². The van der Waals surface area contributed by atoms with E-state index in [1.807, 2.05) is 4.90 Å². The fourth-order valence-corrected chi connectivity index (χ4v) is 1.85. The van der Waals surface area contributed by atoms with Gasteiger partial charge in [-0.1, -0.05) is 13.5 Å². The van der Waals surface area contributed by atoms with Crippen LogP contribution >= 0.6 is 0 Å². The second kappa shape index (κ2) is 3.74. The van der Waals surface area contributed by atoms with Crippen molar-refractivity contribution in [3.05, 3.63) is 12.7 Å². The van der Waals surface area contributed by atoms with E-state index in [4.69, 9.17) is 0 Å². The fraction of sp³-hybridized carbons (Fsp3) is 0.700. The van der Waals surface area contributed by atoms with Crippen LogP contribution in [0.2, 0.25) is 0 Å². The molecular formula is C10H17NO. The fourth-order valence-electron chi connectivity index (χ4n) is 1.85. The molecule has 1 amide bonds. The molecule has 0 bridgehead atoms. The number of hydrogen-bond donors (Lipinski definition) is 0. The molecule has 68 valence electrons. The molecule has 1 fully saturated rings. The number of amides is 1. The van der Waals surface area contributed by atoms with Crippen LogP contribution in [0.5, 0.6) is 0 Å². The van der Waals surface area contributed by atoms with Crippen molar-refractivity contribution >= 4 is 5.91 Å². The lowest BCUT2D eigenvalue weighted by atomic mass is 9.93. The monoisotopic (exact) mass is 167 g/mol. The molecule has 0 radical (unpaired) electrons. The second-order valence-electron chi connectivity index (χ2n) is 3.71. The van der Waals surface area contributed by atoms with Crippen LogP contribution in [0.25, 0.3) is 0 Å². The summed E-state index contributed by atoms with van der Waals surface area (Å²) < 4.78 is 0. The van der Waals surface area contributed by atoms with E-state index in [9.17, 15) is 4.79 Å². The van der Waals surface area contributed by atoms with Gasteiger partial charge in [0.05, 0.1) is 0 Å². The van der Waals surface area contributed by atoms with Crippen LogP contribution in [0.4, 0.5) is 0 Å². The van der Waals surface area contributed by atoms with Gasteiger partial charge in [-0.3, -0.25) is 4.79 Å². The molecular weight excluding hydrogens is 150 g/mol. The first-order valence-corrected chi connectivity index (χ1v) is 4.58. The summed E-state index contributed by atoms with van der Waals surface area (Å²) >= 11 is 0. The lowest BCUT2D eigenvalue weighted by molar-refractivity contribution is -0.129. The highest BCUT2D eigenvalue weighted by Crippen LogP contribution is 2.21. The van der Waals surface area contributed by atoms with Gasteiger partial charge in [0.1, 0.15) is 0 Å². The van der Waals surface area contributed by atoms with E-state index in [-0.39, 0.29) is 5.91 Å². The lowest BCUT2D eigenvalue weighted by Crippen LogP contribution is -2.43. The Morgan fingerprint density at radius 3 is 2.75 bits per heavy atom. The maximum absolute atomic E-state index is 11.3. The Hall–Kier alpha value is -0.790. The van der Waals surface area contributed by atoms with Gasteiger partial charge in [-0.2, -0.15) is 0 Å². The van der Waals surface area contributed by atoms with Gasteiger partial charge in [0.25, 0.3) is 0 Å². The van der Waals surface area contributed by atoms with Gasteiger partial charge < -0.3 is 4.90 Å². The summed E-state index contributed by atoms with van der Waals surface area (Å²) in [4.78, 5) is 13.2. The van der Waals surface area contributed by atoms with Crippen molar-refractivity contribution in [1.82, 2.24) is 4.90 Å². The zero-order valence-electron chi connectivity index (χ0n) is 7.92. The first-order valence-electron chi connectivity index (χ1n) is 4.58. The van der Waals surface area contributed by atoms with Crippen molar-refractivity contribution in [3.63, 3.8) is 0 Å². The van der Waals surface area contributed by atoms with Crippen LogP contribution in [0.3, 0.4) is 0 Å². The molecule has 1 rings (SSSR count). The molecule has 2 heteroatoms. The lowest BCUT2D eigenvalue weighted by Gasteiger charge is -2.35. The Bertz CT molecular complexity index is 188. The minimum atomic E-state index is 0.0781. The summed E-state index contributed by atoms with van der Waals surface area (Å²) in [6.45, 7) is 8.74. The Kier molecular flexibility index (Phi) is 2.90. The van der Waals surface area contributed by atoms with E-state index in [1.165, 1.54) is 6.08 Å². The highest BCUT2D eigenvalue weighted by molar-refractivity contribution is 5.87. The van der Waals surface area contributed by atoms with Crippen molar-refractivity contribution < 1.29 is 4.79 Å². The van der Waals surface area contributed by atoms with Crippen LogP contribution in [-0.2, 0) is 4.79 Å². The molecule has 0 N–H and O–H groups in total. The van der Waals surface area contributed by atoms with Crippen molar-refractivity contribution in [2.45, 2.75) is 32.7 Å². The molecule has 0 saturated carbocycles. The zero-order valence-corrected chi connectivity index (χ0v) is 7.92. The molecule has 1 aliphatic heterocycles. The minimum absolute atomic E-state index is 0.0781. The van der Waals surface area contributed by atoms with Gasteiger partial charge in [0.2, 0.25) is 5.91 Å². The SMILES string of the molecule is C=CC(=O)N1CC[C@H](C)C[C@H]1C.